The van der Waals surface area contributed by atoms with Crippen molar-refractivity contribution in [2.24, 2.45) is 0 Å². The summed E-state index contributed by atoms with van der Waals surface area (Å²) in [6, 6.07) is 7.90. The molecule has 6 nitrogen and oxygen atoms in total. The number of anilines is 2. The van der Waals surface area contributed by atoms with Crippen LogP contribution in [0.3, 0.4) is 0 Å². The molecule has 0 amide bonds. The van der Waals surface area contributed by atoms with Crippen LogP contribution in [0.2, 0.25) is 0 Å². The van der Waals surface area contributed by atoms with Crippen molar-refractivity contribution in [1.82, 2.24) is 0 Å². The van der Waals surface area contributed by atoms with Crippen molar-refractivity contribution in [3.63, 3.8) is 0 Å². The number of ether oxygens (including phenoxy) is 4. The van der Waals surface area contributed by atoms with Crippen molar-refractivity contribution in [1.29, 1.82) is 0 Å². The zero-order chi connectivity index (χ0) is 18.4. The normalized spacial score (nSPS) is 10.2. The number of hydrogen-bond acceptors (Lipinski definition) is 6. The van der Waals surface area contributed by atoms with Crippen molar-refractivity contribution >= 4 is 39.5 Å². The Bertz CT molecular complexity index is 626. The van der Waals surface area contributed by atoms with E-state index in [9.17, 15) is 0 Å². The standard InChI is InChI=1S/C18H24N2O4Te/c1-19-11-7-13(21-3)17(14(8-11)22-4)25-18-15(23-5)9-12(20-2)10-16(18)24-6/h7-10,19-20H,1-6H3. The van der Waals surface area contributed by atoms with Gasteiger partial charge in [0.05, 0.1) is 0 Å². The van der Waals surface area contributed by atoms with Gasteiger partial charge in [-0.1, -0.05) is 0 Å². The zero-order valence-corrected chi connectivity index (χ0v) is 17.7. The third-order valence-electron chi connectivity index (χ3n) is 3.70. The van der Waals surface area contributed by atoms with Crippen LogP contribution in [0.1, 0.15) is 0 Å². The Morgan fingerprint density at radius 2 is 0.880 bits per heavy atom. The van der Waals surface area contributed by atoms with Gasteiger partial charge >= 0.3 is 159 Å². The van der Waals surface area contributed by atoms with Gasteiger partial charge < -0.3 is 0 Å². The molecule has 0 fully saturated rings. The molecule has 0 unspecified atom stereocenters. The first-order chi connectivity index (χ1) is 12.1. The van der Waals surface area contributed by atoms with E-state index in [1.807, 2.05) is 38.4 Å². The van der Waals surface area contributed by atoms with Gasteiger partial charge in [0, 0.05) is 0 Å². The van der Waals surface area contributed by atoms with Crippen molar-refractivity contribution < 1.29 is 18.9 Å². The SMILES string of the molecule is CNc1cc(OC)c([Te]c2c(OC)cc(NC)cc2OC)c(OC)c1. The Hall–Kier alpha value is -1.97. The topological polar surface area (TPSA) is 61.0 Å². The van der Waals surface area contributed by atoms with E-state index >= 15 is 0 Å². The second-order valence-electron chi connectivity index (χ2n) is 5.02. The molecule has 0 saturated carbocycles. The van der Waals surface area contributed by atoms with Crippen LogP contribution in [0.15, 0.2) is 24.3 Å². The number of rotatable bonds is 8. The summed E-state index contributed by atoms with van der Waals surface area (Å²) in [6.45, 7) is 0. The van der Waals surface area contributed by atoms with Crippen molar-refractivity contribution in [2.45, 2.75) is 0 Å². The molecule has 0 saturated heterocycles. The van der Waals surface area contributed by atoms with E-state index < -0.39 is 20.9 Å². The summed E-state index contributed by atoms with van der Waals surface area (Å²) >= 11 is -0.898. The van der Waals surface area contributed by atoms with Crippen molar-refractivity contribution in [3.05, 3.63) is 24.3 Å². The molecule has 2 aromatic rings. The fraction of sp³-hybridized carbons (Fsp3) is 0.333. The van der Waals surface area contributed by atoms with Crippen molar-refractivity contribution in [2.75, 3.05) is 53.2 Å². The van der Waals surface area contributed by atoms with E-state index in [1.54, 1.807) is 28.4 Å². The summed E-state index contributed by atoms with van der Waals surface area (Å²) in [5.74, 6) is 3.20. The Kier molecular flexibility index (Phi) is 6.91. The Labute approximate surface area is 158 Å². The van der Waals surface area contributed by atoms with Crippen LogP contribution in [0.25, 0.3) is 0 Å². The quantitative estimate of drug-likeness (QED) is 0.583. The minimum absolute atomic E-state index is 0.799. The third-order valence-corrected chi connectivity index (χ3v) is 7.16. The zero-order valence-electron chi connectivity index (χ0n) is 15.4. The van der Waals surface area contributed by atoms with Crippen LogP contribution in [-0.2, 0) is 0 Å². The van der Waals surface area contributed by atoms with Crippen LogP contribution >= 0.6 is 0 Å². The third kappa shape index (κ3) is 4.17. The summed E-state index contributed by atoms with van der Waals surface area (Å²) in [7, 11) is 10.4. The number of benzene rings is 2. The Balaban J connectivity index is 2.59. The van der Waals surface area contributed by atoms with Crippen LogP contribution in [0.5, 0.6) is 23.0 Å². The molecule has 0 radical (unpaired) electrons. The van der Waals surface area contributed by atoms with Crippen LogP contribution < -0.4 is 36.8 Å². The van der Waals surface area contributed by atoms with E-state index in [0.717, 1.165) is 41.6 Å². The summed E-state index contributed by atoms with van der Waals surface area (Å²) < 4.78 is 24.6. The average Bonchev–Trinajstić information content (AvgIpc) is 2.67. The van der Waals surface area contributed by atoms with E-state index in [-0.39, 0.29) is 0 Å². The summed E-state index contributed by atoms with van der Waals surface area (Å²) in [4.78, 5) is 0. The molecule has 0 aliphatic heterocycles. The first-order valence-electron chi connectivity index (χ1n) is 7.67. The van der Waals surface area contributed by atoms with Gasteiger partial charge in [-0.25, -0.2) is 0 Å². The summed E-state index contributed by atoms with van der Waals surface area (Å²) in [5, 5.41) is 6.25. The van der Waals surface area contributed by atoms with E-state index in [4.69, 9.17) is 18.9 Å². The molecule has 25 heavy (non-hydrogen) atoms. The number of nitrogens with one attached hydrogen (secondary N) is 2. The summed E-state index contributed by atoms with van der Waals surface area (Å²) in [5.41, 5.74) is 1.88. The molecule has 7 heteroatoms. The predicted octanol–water partition coefficient (Wildman–Crippen LogP) is 1.46. The molecule has 0 aliphatic carbocycles. The van der Waals surface area contributed by atoms with Gasteiger partial charge in [-0.05, 0) is 0 Å². The maximum atomic E-state index is 5.61. The van der Waals surface area contributed by atoms with E-state index in [2.05, 4.69) is 10.6 Å². The monoisotopic (exact) mass is 462 g/mol. The van der Waals surface area contributed by atoms with Gasteiger partial charge in [-0.2, -0.15) is 0 Å². The minimum atomic E-state index is -0.898. The molecule has 0 atom stereocenters. The van der Waals surface area contributed by atoms with E-state index in [1.165, 1.54) is 0 Å². The number of hydrogen-bond donors (Lipinski definition) is 2. The van der Waals surface area contributed by atoms with E-state index in [0.29, 0.717) is 0 Å². The van der Waals surface area contributed by atoms with Crippen LogP contribution in [-0.4, -0.2) is 63.5 Å². The molecule has 136 valence electrons. The Morgan fingerprint density at radius 3 is 1.08 bits per heavy atom. The van der Waals surface area contributed by atoms with Gasteiger partial charge in [0.25, 0.3) is 0 Å². The second-order valence-corrected chi connectivity index (χ2v) is 7.93. The molecule has 2 rings (SSSR count). The van der Waals surface area contributed by atoms with Gasteiger partial charge in [0.15, 0.2) is 0 Å². The fourth-order valence-electron chi connectivity index (χ4n) is 2.35. The molecule has 2 aromatic carbocycles. The molecule has 2 N–H and O–H groups in total. The first kappa shape index (κ1) is 19.4. The molecular weight excluding hydrogens is 436 g/mol. The maximum absolute atomic E-state index is 5.61. The van der Waals surface area contributed by atoms with Gasteiger partial charge in [0.1, 0.15) is 0 Å². The molecule has 0 aliphatic rings. The molecule has 0 bridgehead atoms. The molecule has 0 spiro atoms. The van der Waals surface area contributed by atoms with Crippen LogP contribution in [0, 0.1) is 0 Å². The van der Waals surface area contributed by atoms with Crippen LogP contribution in [0.4, 0.5) is 11.4 Å². The first-order valence-corrected chi connectivity index (χ1v) is 10.00. The van der Waals surface area contributed by atoms with Crippen molar-refractivity contribution in [3.8, 4) is 23.0 Å². The fourth-order valence-corrected chi connectivity index (χ4v) is 5.71. The Morgan fingerprint density at radius 1 is 0.600 bits per heavy atom. The summed E-state index contributed by atoms with van der Waals surface area (Å²) in [6.07, 6.45) is 0. The van der Waals surface area contributed by atoms with Gasteiger partial charge in [-0.3, -0.25) is 0 Å². The molecule has 0 aromatic heterocycles. The van der Waals surface area contributed by atoms with Gasteiger partial charge in [0.2, 0.25) is 0 Å². The number of methoxy groups -OCH3 is 4. The second kappa shape index (κ2) is 8.93. The van der Waals surface area contributed by atoms with Gasteiger partial charge in [-0.15, -0.1) is 0 Å². The predicted molar refractivity (Wildman–Crippen MR) is 103 cm³/mol. The average molecular weight is 460 g/mol. The molecule has 0 heterocycles. The molecular formula is C18H24N2O4Te.